The molecule has 2 aromatic carbocycles. The predicted octanol–water partition coefficient (Wildman–Crippen LogP) is 5.84. The van der Waals surface area contributed by atoms with Gasteiger partial charge in [0.05, 0.1) is 0 Å². The van der Waals surface area contributed by atoms with Gasteiger partial charge in [-0.2, -0.15) is 0 Å². The molecule has 0 fully saturated rings. The molecular weight excluding hydrogens is 316 g/mol. The summed E-state index contributed by atoms with van der Waals surface area (Å²) in [6.45, 7) is 4.64. The molecule has 0 aromatic heterocycles. The summed E-state index contributed by atoms with van der Waals surface area (Å²) >= 11 is 5.67. The van der Waals surface area contributed by atoms with Crippen LogP contribution in [0.25, 0.3) is 0 Å². The minimum absolute atomic E-state index is 0.499. The van der Waals surface area contributed by atoms with Crippen molar-refractivity contribution in [3.05, 3.63) is 63.6 Å². The van der Waals surface area contributed by atoms with Crippen molar-refractivity contribution in [3.63, 3.8) is 0 Å². The summed E-state index contributed by atoms with van der Waals surface area (Å²) in [5.74, 6) is 2.17. The van der Waals surface area contributed by atoms with Crippen LogP contribution in [0.5, 0.6) is 0 Å². The van der Waals surface area contributed by atoms with Crippen LogP contribution in [-0.4, -0.2) is 0 Å². The van der Waals surface area contributed by atoms with Crippen molar-refractivity contribution in [1.29, 1.82) is 0 Å². The average molecular weight is 333 g/mol. The second kappa shape index (κ2) is 5.34. The Morgan fingerprint density at radius 3 is 2.58 bits per heavy atom. The Bertz CT molecular complexity index is 604. The van der Waals surface area contributed by atoms with E-state index in [4.69, 9.17) is 0 Å². The van der Waals surface area contributed by atoms with Crippen molar-refractivity contribution in [3.8, 4) is 0 Å². The minimum atomic E-state index is 0.499. The molecule has 0 bridgehead atoms. The molecule has 0 amide bonds. The third-order valence-corrected chi connectivity index (χ3v) is 5.88. The van der Waals surface area contributed by atoms with E-state index >= 15 is 0 Å². The highest BCUT2D eigenvalue weighted by Gasteiger charge is 2.27. The first-order valence-corrected chi connectivity index (χ1v) is 8.45. The maximum Gasteiger partial charge on any atom is 0.0314 e. The molecule has 3 rings (SSSR count). The lowest BCUT2D eigenvalue weighted by atomic mass is 9.81. The van der Waals surface area contributed by atoms with Gasteiger partial charge in [0.25, 0.3) is 0 Å². The molecule has 0 nitrogen and oxygen atoms in total. The number of hydrogen-bond acceptors (Lipinski definition) is 1. The van der Waals surface area contributed by atoms with E-state index in [-0.39, 0.29) is 0 Å². The van der Waals surface area contributed by atoms with Gasteiger partial charge < -0.3 is 0 Å². The third-order valence-electron chi connectivity index (χ3n) is 3.76. The monoisotopic (exact) mass is 332 g/mol. The molecule has 0 aliphatic carbocycles. The molecule has 2 aromatic rings. The van der Waals surface area contributed by atoms with Crippen LogP contribution in [0.4, 0.5) is 0 Å². The summed E-state index contributed by atoms with van der Waals surface area (Å²) in [7, 11) is 0. The quantitative estimate of drug-likeness (QED) is 0.631. The number of halogens is 1. The van der Waals surface area contributed by atoms with E-state index in [9.17, 15) is 0 Å². The fraction of sp³-hybridized carbons (Fsp3) is 0.294. The van der Waals surface area contributed by atoms with Gasteiger partial charge in [-0.15, -0.1) is 11.8 Å². The third kappa shape index (κ3) is 2.36. The summed E-state index contributed by atoms with van der Waals surface area (Å²) in [4.78, 5) is 1.41. The van der Waals surface area contributed by atoms with Gasteiger partial charge in [0, 0.05) is 21.0 Å². The Morgan fingerprint density at radius 2 is 1.79 bits per heavy atom. The summed E-state index contributed by atoms with van der Waals surface area (Å²) in [5, 5.41) is 0. The van der Waals surface area contributed by atoms with Gasteiger partial charge in [-0.05, 0) is 44.6 Å². The molecule has 98 valence electrons. The van der Waals surface area contributed by atoms with Crippen molar-refractivity contribution >= 4 is 27.7 Å². The number of benzene rings is 2. The van der Waals surface area contributed by atoms with Gasteiger partial charge >= 0.3 is 0 Å². The van der Waals surface area contributed by atoms with E-state index in [0.29, 0.717) is 11.8 Å². The van der Waals surface area contributed by atoms with Crippen LogP contribution in [0.3, 0.4) is 0 Å². The van der Waals surface area contributed by atoms with Crippen LogP contribution in [-0.2, 0) is 5.75 Å². The van der Waals surface area contributed by atoms with Crippen LogP contribution in [0.1, 0.15) is 36.5 Å². The Labute approximate surface area is 127 Å². The molecule has 2 heteroatoms. The van der Waals surface area contributed by atoms with Crippen LogP contribution < -0.4 is 0 Å². The second-order valence-corrected chi connectivity index (χ2v) is 7.21. The Hall–Kier alpha value is -0.730. The van der Waals surface area contributed by atoms with E-state index in [1.165, 1.54) is 26.1 Å². The smallest absolute Gasteiger partial charge is 0.0314 e. The van der Waals surface area contributed by atoms with Crippen molar-refractivity contribution < 1.29 is 0 Å². The van der Waals surface area contributed by atoms with Crippen LogP contribution in [0.15, 0.2) is 51.8 Å². The highest BCUT2D eigenvalue weighted by atomic mass is 79.9. The lowest BCUT2D eigenvalue weighted by molar-refractivity contribution is 0.556. The SMILES string of the molecule is CC(C)C1c2ccccc2CSc2c(Br)cccc21. The lowest BCUT2D eigenvalue weighted by Crippen LogP contribution is -2.10. The van der Waals surface area contributed by atoms with Gasteiger partial charge in [0.2, 0.25) is 0 Å². The minimum Gasteiger partial charge on any atom is -0.120 e. The molecule has 0 radical (unpaired) electrons. The van der Waals surface area contributed by atoms with Crippen LogP contribution in [0.2, 0.25) is 0 Å². The molecule has 1 heterocycles. The van der Waals surface area contributed by atoms with E-state index in [0.717, 1.165) is 5.75 Å². The standard InChI is InChI=1S/C17H17BrS/c1-11(2)16-13-7-4-3-6-12(13)10-19-17-14(16)8-5-9-15(17)18/h3-9,11,16H,10H2,1-2H3. The fourth-order valence-electron chi connectivity index (χ4n) is 2.93. The van der Waals surface area contributed by atoms with Crippen LogP contribution in [0, 0.1) is 5.92 Å². The Kier molecular flexibility index (Phi) is 3.72. The first kappa shape index (κ1) is 13.3. The normalized spacial score (nSPS) is 17.8. The van der Waals surface area contributed by atoms with Crippen LogP contribution >= 0.6 is 27.7 Å². The highest BCUT2D eigenvalue weighted by molar-refractivity contribution is 9.10. The van der Waals surface area contributed by atoms with Crippen molar-refractivity contribution in [2.75, 3.05) is 0 Å². The summed E-state index contributed by atoms with van der Waals surface area (Å²) < 4.78 is 1.23. The Morgan fingerprint density at radius 1 is 1.05 bits per heavy atom. The van der Waals surface area contributed by atoms with Crippen molar-refractivity contribution in [1.82, 2.24) is 0 Å². The van der Waals surface area contributed by atoms with E-state index in [1.807, 2.05) is 11.8 Å². The molecule has 0 saturated heterocycles. The first-order valence-electron chi connectivity index (χ1n) is 6.67. The van der Waals surface area contributed by atoms with Gasteiger partial charge in [-0.3, -0.25) is 0 Å². The molecule has 19 heavy (non-hydrogen) atoms. The number of rotatable bonds is 1. The second-order valence-electron chi connectivity index (χ2n) is 5.37. The number of thioether (sulfide) groups is 1. The maximum atomic E-state index is 3.72. The molecule has 0 spiro atoms. The van der Waals surface area contributed by atoms with Gasteiger partial charge in [0.1, 0.15) is 0 Å². The van der Waals surface area contributed by atoms with Gasteiger partial charge in [0.15, 0.2) is 0 Å². The molecule has 1 aliphatic heterocycles. The zero-order valence-electron chi connectivity index (χ0n) is 11.2. The molecule has 0 saturated carbocycles. The van der Waals surface area contributed by atoms with Gasteiger partial charge in [-0.25, -0.2) is 0 Å². The van der Waals surface area contributed by atoms with E-state index in [2.05, 4.69) is 72.2 Å². The number of hydrogen-bond donors (Lipinski definition) is 0. The summed E-state index contributed by atoms with van der Waals surface area (Å²) in [6.07, 6.45) is 0. The molecule has 1 atom stereocenters. The zero-order chi connectivity index (χ0) is 13.4. The largest absolute Gasteiger partial charge is 0.120 e. The highest BCUT2D eigenvalue weighted by Crippen LogP contribution is 2.46. The maximum absolute atomic E-state index is 3.72. The average Bonchev–Trinajstić information content (AvgIpc) is 2.56. The molecule has 0 N–H and O–H groups in total. The number of fused-ring (bicyclic) bond motifs is 2. The summed E-state index contributed by atoms with van der Waals surface area (Å²) in [5.41, 5.74) is 4.45. The van der Waals surface area contributed by atoms with E-state index in [1.54, 1.807) is 0 Å². The predicted molar refractivity (Wildman–Crippen MR) is 86.8 cm³/mol. The summed E-state index contributed by atoms with van der Waals surface area (Å²) in [6, 6.07) is 15.5. The topological polar surface area (TPSA) is 0 Å². The van der Waals surface area contributed by atoms with E-state index < -0.39 is 0 Å². The van der Waals surface area contributed by atoms with Crippen molar-refractivity contribution in [2.45, 2.75) is 30.4 Å². The van der Waals surface area contributed by atoms with Crippen molar-refractivity contribution in [2.24, 2.45) is 5.92 Å². The lowest BCUT2D eigenvalue weighted by Gasteiger charge is -2.24. The molecule has 1 aliphatic rings. The zero-order valence-corrected chi connectivity index (χ0v) is 13.6. The van der Waals surface area contributed by atoms with Gasteiger partial charge in [-0.1, -0.05) is 50.2 Å². The molecular formula is C17H17BrS. The molecule has 1 unspecified atom stereocenters. The Balaban J connectivity index is 2.24. The first-order chi connectivity index (χ1) is 9.18. The fourth-order valence-corrected chi connectivity index (χ4v) is 4.78.